The Morgan fingerprint density at radius 1 is 0.432 bits per heavy atom. The molecule has 0 bridgehead atoms. The number of aldehydes is 2. The molecule has 4 heteroatoms. The van der Waals surface area contributed by atoms with Crippen LogP contribution in [0, 0.1) is 23.7 Å². The first kappa shape index (κ1) is 40.7. The van der Waals surface area contributed by atoms with Crippen molar-refractivity contribution in [1.82, 2.24) is 0 Å². The SMILES string of the molecule is CCCCCCCC1C(CCCCC)CCC(CCCCCCCCCN=CC=O)C1CCCCCCCCCN=CC=O. The lowest BCUT2D eigenvalue weighted by atomic mass is 9.61. The lowest BCUT2D eigenvalue weighted by Crippen LogP contribution is -2.35. The molecule has 0 aliphatic heterocycles. The van der Waals surface area contributed by atoms with E-state index in [2.05, 4.69) is 23.8 Å². The Morgan fingerprint density at radius 2 is 0.750 bits per heavy atom. The monoisotopic (exact) mass is 615 g/mol. The van der Waals surface area contributed by atoms with E-state index in [1.54, 1.807) is 0 Å². The van der Waals surface area contributed by atoms with Gasteiger partial charge in [0.05, 0.1) is 12.4 Å². The fraction of sp³-hybridized carbons (Fsp3) is 0.900. The van der Waals surface area contributed by atoms with Crippen LogP contribution in [-0.2, 0) is 9.59 Å². The molecule has 44 heavy (non-hydrogen) atoms. The van der Waals surface area contributed by atoms with Crippen LogP contribution in [0.2, 0.25) is 0 Å². The Balaban J connectivity index is 2.58. The highest BCUT2D eigenvalue weighted by molar-refractivity contribution is 6.13. The Morgan fingerprint density at radius 3 is 1.16 bits per heavy atom. The van der Waals surface area contributed by atoms with Crippen molar-refractivity contribution in [3.8, 4) is 0 Å². The fourth-order valence-corrected chi connectivity index (χ4v) is 8.01. The Bertz CT molecular complexity index is 691. The van der Waals surface area contributed by atoms with E-state index in [4.69, 9.17) is 0 Å². The van der Waals surface area contributed by atoms with Crippen LogP contribution in [-0.4, -0.2) is 38.1 Å². The van der Waals surface area contributed by atoms with Crippen molar-refractivity contribution >= 4 is 25.0 Å². The molecule has 0 aromatic carbocycles. The third kappa shape index (κ3) is 22.2. The van der Waals surface area contributed by atoms with Gasteiger partial charge in [0, 0.05) is 13.1 Å². The summed E-state index contributed by atoms with van der Waals surface area (Å²) >= 11 is 0. The number of carbonyl (C=O) groups is 2. The first-order chi connectivity index (χ1) is 21.8. The third-order valence-corrected chi connectivity index (χ3v) is 10.5. The molecule has 0 saturated heterocycles. The van der Waals surface area contributed by atoms with Gasteiger partial charge in [0.15, 0.2) is 12.6 Å². The van der Waals surface area contributed by atoms with Crippen LogP contribution in [0.4, 0.5) is 0 Å². The van der Waals surface area contributed by atoms with Crippen molar-refractivity contribution in [2.75, 3.05) is 13.1 Å². The van der Waals surface area contributed by atoms with Gasteiger partial charge in [-0.15, -0.1) is 0 Å². The zero-order valence-corrected chi connectivity index (χ0v) is 29.5. The number of carbonyl (C=O) groups excluding carboxylic acids is 2. The standard InChI is InChI=1S/C40H74N2O2/c1-3-5-7-14-21-27-39-37(25-19-6-4-2)29-30-38(26-20-15-10-8-12-17-23-31-41-33-35-43)40(39)28-22-16-11-9-13-18-24-32-42-34-36-44/h33-40H,3-32H2,1-2H3. The van der Waals surface area contributed by atoms with Crippen molar-refractivity contribution in [3.05, 3.63) is 0 Å². The van der Waals surface area contributed by atoms with E-state index in [1.165, 1.54) is 179 Å². The largest absolute Gasteiger partial charge is 0.297 e. The molecule has 0 heterocycles. The van der Waals surface area contributed by atoms with E-state index in [1.807, 2.05) is 0 Å². The molecule has 1 fully saturated rings. The lowest BCUT2D eigenvalue weighted by molar-refractivity contribution is -0.103. The van der Waals surface area contributed by atoms with Gasteiger partial charge in [0.25, 0.3) is 0 Å². The summed E-state index contributed by atoms with van der Waals surface area (Å²) in [6.07, 6.45) is 43.2. The summed E-state index contributed by atoms with van der Waals surface area (Å²) in [4.78, 5) is 28.9. The zero-order chi connectivity index (χ0) is 31.8. The third-order valence-electron chi connectivity index (χ3n) is 10.5. The van der Waals surface area contributed by atoms with E-state index >= 15 is 0 Å². The average molecular weight is 615 g/mol. The zero-order valence-electron chi connectivity index (χ0n) is 29.5. The van der Waals surface area contributed by atoms with Crippen LogP contribution in [0.5, 0.6) is 0 Å². The van der Waals surface area contributed by atoms with Crippen LogP contribution in [0.1, 0.15) is 194 Å². The van der Waals surface area contributed by atoms with E-state index in [0.29, 0.717) is 0 Å². The highest BCUT2D eigenvalue weighted by atomic mass is 16.1. The first-order valence-corrected chi connectivity index (χ1v) is 19.7. The normalized spacial score (nSPS) is 20.6. The molecule has 0 radical (unpaired) electrons. The molecule has 0 spiro atoms. The lowest BCUT2D eigenvalue weighted by Gasteiger charge is -2.44. The van der Waals surface area contributed by atoms with E-state index in [9.17, 15) is 9.59 Å². The minimum absolute atomic E-state index is 0.778. The first-order valence-electron chi connectivity index (χ1n) is 19.7. The predicted molar refractivity (Wildman–Crippen MR) is 193 cm³/mol. The van der Waals surface area contributed by atoms with Gasteiger partial charge in [-0.05, 0) is 62.2 Å². The highest BCUT2D eigenvalue weighted by Crippen LogP contribution is 2.47. The van der Waals surface area contributed by atoms with Gasteiger partial charge in [-0.1, -0.05) is 155 Å². The molecule has 0 aromatic heterocycles. The Kier molecular flexibility index (Phi) is 29.3. The molecule has 0 amide bonds. The summed E-state index contributed by atoms with van der Waals surface area (Å²) in [6.45, 7) is 6.31. The van der Waals surface area contributed by atoms with Crippen LogP contribution >= 0.6 is 0 Å². The molecule has 1 aliphatic carbocycles. The van der Waals surface area contributed by atoms with Crippen molar-refractivity contribution in [3.63, 3.8) is 0 Å². The van der Waals surface area contributed by atoms with Gasteiger partial charge in [0.2, 0.25) is 0 Å². The molecule has 4 unspecified atom stereocenters. The maximum absolute atomic E-state index is 10.3. The Labute approximate surface area is 274 Å². The minimum atomic E-state index is 0.778. The summed E-state index contributed by atoms with van der Waals surface area (Å²) in [5.74, 6) is 3.93. The maximum atomic E-state index is 10.3. The van der Waals surface area contributed by atoms with Gasteiger partial charge in [-0.2, -0.15) is 0 Å². The predicted octanol–water partition coefficient (Wildman–Crippen LogP) is 12.0. The topological polar surface area (TPSA) is 58.9 Å². The molecule has 1 saturated carbocycles. The van der Waals surface area contributed by atoms with Crippen molar-refractivity contribution in [2.45, 2.75) is 194 Å². The van der Waals surface area contributed by atoms with E-state index in [0.717, 1.165) is 62.2 Å². The number of rotatable bonds is 32. The fourth-order valence-electron chi connectivity index (χ4n) is 8.01. The number of unbranched alkanes of at least 4 members (excludes halogenated alkanes) is 18. The molecule has 1 rings (SSSR count). The molecule has 0 aromatic rings. The van der Waals surface area contributed by atoms with Crippen molar-refractivity contribution in [2.24, 2.45) is 33.7 Å². The van der Waals surface area contributed by atoms with Crippen LogP contribution < -0.4 is 0 Å². The Hall–Kier alpha value is -1.32. The average Bonchev–Trinajstić information content (AvgIpc) is 3.03. The molecule has 256 valence electrons. The second-order valence-corrected chi connectivity index (χ2v) is 14.0. The van der Waals surface area contributed by atoms with Crippen molar-refractivity contribution < 1.29 is 9.59 Å². The molecular weight excluding hydrogens is 540 g/mol. The van der Waals surface area contributed by atoms with Gasteiger partial charge in [0.1, 0.15) is 0 Å². The number of hydrogen-bond acceptors (Lipinski definition) is 4. The number of aliphatic imine (C=N–C) groups is 2. The van der Waals surface area contributed by atoms with Crippen molar-refractivity contribution in [1.29, 1.82) is 0 Å². The van der Waals surface area contributed by atoms with Gasteiger partial charge >= 0.3 is 0 Å². The highest BCUT2D eigenvalue weighted by Gasteiger charge is 2.37. The maximum Gasteiger partial charge on any atom is 0.160 e. The molecule has 0 N–H and O–H groups in total. The van der Waals surface area contributed by atoms with Crippen LogP contribution in [0.15, 0.2) is 9.98 Å². The number of nitrogens with zero attached hydrogens (tertiary/aromatic N) is 2. The summed E-state index contributed by atoms with van der Waals surface area (Å²) in [5, 5.41) is 0. The van der Waals surface area contributed by atoms with Crippen LogP contribution in [0.3, 0.4) is 0 Å². The number of hydrogen-bond donors (Lipinski definition) is 0. The second kappa shape index (κ2) is 31.7. The summed E-state index contributed by atoms with van der Waals surface area (Å²) in [7, 11) is 0. The van der Waals surface area contributed by atoms with E-state index in [-0.39, 0.29) is 0 Å². The van der Waals surface area contributed by atoms with E-state index < -0.39 is 0 Å². The molecule has 4 nitrogen and oxygen atoms in total. The van der Waals surface area contributed by atoms with Gasteiger partial charge in [-0.25, -0.2) is 0 Å². The summed E-state index contributed by atoms with van der Waals surface area (Å²) in [6, 6.07) is 0. The summed E-state index contributed by atoms with van der Waals surface area (Å²) in [5.41, 5.74) is 0. The minimum Gasteiger partial charge on any atom is -0.297 e. The summed E-state index contributed by atoms with van der Waals surface area (Å²) < 4.78 is 0. The molecule has 1 aliphatic rings. The molecule has 4 atom stereocenters. The van der Waals surface area contributed by atoms with Gasteiger partial charge < -0.3 is 0 Å². The quantitative estimate of drug-likeness (QED) is 0.0430. The van der Waals surface area contributed by atoms with Gasteiger partial charge in [-0.3, -0.25) is 19.6 Å². The van der Waals surface area contributed by atoms with Crippen LogP contribution in [0.25, 0.3) is 0 Å². The molecular formula is C40H74N2O2. The smallest absolute Gasteiger partial charge is 0.160 e. The second-order valence-electron chi connectivity index (χ2n) is 14.0.